The lowest BCUT2D eigenvalue weighted by atomic mass is 10.0. The maximum Gasteiger partial charge on any atom is 0.361 e. The van der Waals surface area contributed by atoms with E-state index in [4.69, 9.17) is 18.9 Å². The molecule has 2 unspecified atom stereocenters. The molecule has 0 bridgehead atoms. The van der Waals surface area contributed by atoms with Crippen molar-refractivity contribution in [2.75, 3.05) is 47.5 Å². The van der Waals surface area contributed by atoms with Crippen LogP contribution in [0.5, 0.6) is 0 Å². The number of allylic oxidation sites excluding steroid dienone is 8. The van der Waals surface area contributed by atoms with E-state index in [1.54, 1.807) is 0 Å². The summed E-state index contributed by atoms with van der Waals surface area (Å²) in [5, 5.41) is 9.78. The highest BCUT2D eigenvalue weighted by atomic mass is 16.7. The molecule has 2 atom stereocenters. The van der Waals surface area contributed by atoms with Crippen molar-refractivity contribution in [3.63, 3.8) is 0 Å². The van der Waals surface area contributed by atoms with Crippen molar-refractivity contribution in [1.82, 2.24) is 0 Å². The maximum atomic E-state index is 13.0. The first kappa shape index (κ1) is 90.2. The molecule has 0 aliphatic carbocycles. The van der Waals surface area contributed by atoms with Crippen molar-refractivity contribution in [2.24, 2.45) is 0 Å². The van der Waals surface area contributed by atoms with Gasteiger partial charge in [-0.15, -0.1) is 0 Å². The van der Waals surface area contributed by atoms with Gasteiger partial charge in [-0.2, -0.15) is 0 Å². The van der Waals surface area contributed by atoms with Gasteiger partial charge in [0.2, 0.25) is 0 Å². The molecule has 0 heterocycles. The number of likely N-dealkylation sites (N-methyl/N-ethyl adjacent to an activating group) is 1. The summed E-state index contributed by atoms with van der Waals surface area (Å²) in [5.74, 6) is -1.97. The van der Waals surface area contributed by atoms with Crippen molar-refractivity contribution < 1.29 is 42.9 Å². The van der Waals surface area contributed by atoms with E-state index in [9.17, 15) is 19.5 Å². The minimum absolute atomic E-state index is 0.176. The number of aliphatic carboxylic acids is 1. The summed E-state index contributed by atoms with van der Waals surface area (Å²) in [6.45, 7) is 4.93. The first-order valence-corrected chi connectivity index (χ1v) is 40.8. The van der Waals surface area contributed by atoms with Gasteiger partial charge in [-0.25, -0.2) is 4.79 Å². The molecule has 0 amide bonds. The molecule has 9 nitrogen and oxygen atoms in total. The van der Waals surface area contributed by atoms with Gasteiger partial charge >= 0.3 is 17.9 Å². The second-order valence-corrected chi connectivity index (χ2v) is 29.1. The number of carbonyl (C=O) groups is 3. The summed E-state index contributed by atoms with van der Waals surface area (Å²) in [4.78, 5) is 37.7. The van der Waals surface area contributed by atoms with Gasteiger partial charge in [-0.3, -0.25) is 9.59 Å². The van der Waals surface area contributed by atoms with Crippen molar-refractivity contribution in [1.29, 1.82) is 0 Å². The smallest absolute Gasteiger partial charge is 0.361 e. The Balaban J connectivity index is 3.96. The Labute approximate surface area is 578 Å². The topological polar surface area (TPSA) is 108 Å². The highest BCUT2D eigenvalue weighted by molar-refractivity contribution is 5.71. The third kappa shape index (κ3) is 76.5. The minimum atomic E-state index is -1.51. The molecule has 0 saturated carbocycles. The molecule has 546 valence electrons. The Bertz CT molecular complexity index is 1670. The summed E-state index contributed by atoms with van der Waals surface area (Å²) < 4.78 is 23.1. The summed E-state index contributed by atoms with van der Waals surface area (Å²) >= 11 is 0. The largest absolute Gasteiger partial charge is 0.477 e. The number of nitrogens with zero attached hydrogens (tertiary/aromatic N) is 1. The molecule has 0 rings (SSSR count). The molecule has 0 aliphatic heterocycles. The molecule has 0 aromatic carbocycles. The quantitative estimate of drug-likeness (QED) is 0.0211. The summed E-state index contributed by atoms with van der Waals surface area (Å²) in [7, 11) is 6.00. The van der Waals surface area contributed by atoms with E-state index in [2.05, 4.69) is 62.5 Å². The molecule has 0 radical (unpaired) electrons. The predicted molar refractivity (Wildman–Crippen MR) is 401 cm³/mol. The average Bonchev–Trinajstić information content (AvgIpc) is 3.73. The summed E-state index contributed by atoms with van der Waals surface area (Å²) in [6.07, 6.45) is 95.6. The number of hydrogen-bond acceptors (Lipinski definition) is 7. The van der Waals surface area contributed by atoms with E-state index in [1.807, 2.05) is 21.1 Å². The van der Waals surface area contributed by atoms with Crippen LogP contribution in [0.15, 0.2) is 48.6 Å². The van der Waals surface area contributed by atoms with Crippen LogP contribution in [0.3, 0.4) is 0 Å². The van der Waals surface area contributed by atoms with Crippen molar-refractivity contribution in [2.45, 2.75) is 424 Å². The molecule has 0 fully saturated rings. The number of quaternary nitrogens is 1. The summed E-state index contributed by atoms with van der Waals surface area (Å²) in [5.41, 5.74) is 0. The van der Waals surface area contributed by atoms with E-state index in [0.717, 1.165) is 51.4 Å². The third-order valence-electron chi connectivity index (χ3n) is 18.6. The number of carbonyl (C=O) groups excluding carboxylic acids is 2. The van der Waals surface area contributed by atoms with Gasteiger partial charge in [-0.05, 0) is 77.0 Å². The van der Waals surface area contributed by atoms with Crippen LogP contribution >= 0.6 is 0 Å². The second kappa shape index (κ2) is 75.0. The van der Waals surface area contributed by atoms with Crippen LogP contribution in [0.1, 0.15) is 412 Å². The fourth-order valence-corrected chi connectivity index (χ4v) is 12.3. The Morgan fingerprint density at radius 1 is 0.323 bits per heavy atom. The molecular weight excluding hydrogens is 1150 g/mol. The van der Waals surface area contributed by atoms with Gasteiger partial charge in [0.25, 0.3) is 6.29 Å². The number of hydrogen-bond donors (Lipinski definition) is 1. The maximum absolute atomic E-state index is 13.0. The van der Waals surface area contributed by atoms with E-state index in [1.165, 1.54) is 334 Å². The first-order valence-electron chi connectivity index (χ1n) is 40.8. The van der Waals surface area contributed by atoms with Crippen LogP contribution in [0.25, 0.3) is 0 Å². The number of unbranched alkanes of at least 4 members (excludes halogenated alkanes) is 54. The zero-order valence-corrected chi connectivity index (χ0v) is 62.7. The van der Waals surface area contributed by atoms with Crippen LogP contribution in [0, 0.1) is 0 Å². The van der Waals surface area contributed by atoms with Gasteiger partial charge in [0, 0.05) is 12.8 Å². The molecule has 1 N–H and O–H groups in total. The summed E-state index contributed by atoms with van der Waals surface area (Å²) in [6, 6.07) is 0. The minimum Gasteiger partial charge on any atom is -0.477 e. The SMILES string of the molecule is CCCCCCC/C=C\C/C=C\CCCCCCCCCCCCCCCCCCCCCCCCCCCC(=O)OC(COC(=O)CCCCCCCCCCCCCCCCCCCCC/C=C\C/C=C\CCCCCCC)COC(OCC[N+](C)(C)C)C(=O)O. The molecule has 0 saturated heterocycles. The Morgan fingerprint density at radius 2 is 0.581 bits per heavy atom. The molecule has 0 aromatic rings. The van der Waals surface area contributed by atoms with Crippen molar-refractivity contribution in [3.8, 4) is 0 Å². The van der Waals surface area contributed by atoms with Crippen molar-refractivity contribution in [3.05, 3.63) is 48.6 Å². The van der Waals surface area contributed by atoms with Gasteiger partial charge in [0.15, 0.2) is 6.10 Å². The molecule has 9 heteroatoms. The van der Waals surface area contributed by atoms with Crippen LogP contribution < -0.4 is 0 Å². The number of carboxylic acid groups (broad SMARTS) is 1. The van der Waals surface area contributed by atoms with E-state index in [-0.39, 0.29) is 38.2 Å². The normalized spacial score (nSPS) is 12.8. The number of esters is 2. The predicted octanol–water partition coefficient (Wildman–Crippen LogP) is 26.0. The monoisotopic (exact) mass is 1310 g/mol. The van der Waals surface area contributed by atoms with Crippen LogP contribution in [0.2, 0.25) is 0 Å². The molecule has 0 spiro atoms. The zero-order valence-electron chi connectivity index (χ0n) is 62.7. The molecule has 0 aromatic heterocycles. The fraction of sp³-hybridized carbons (Fsp3) is 0.869. The van der Waals surface area contributed by atoms with Gasteiger partial charge in [0.05, 0.1) is 34.4 Å². The van der Waals surface area contributed by atoms with Crippen molar-refractivity contribution >= 4 is 17.9 Å². The van der Waals surface area contributed by atoms with Crippen LogP contribution in [-0.2, 0) is 33.3 Å². The fourth-order valence-electron chi connectivity index (χ4n) is 12.3. The van der Waals surface area contributed by atoms with E-state index in [0.29, 0.717) is 17.4 Å². The number of rotatable bonds is 77. The van der Waals surface area contributed by atoms with E-state index < -0.39 is 18.4 Å². The molecule has 93 heavy (non-hydrogen) atoms. The third-order valence-corrected chi connectivity index (χ3v) is 18.6. The molecule has 0 aliphatic rings. The molecular formula is C84H158NO8+. The Morgan fingerprint density at radius 3 is 0.849 bits per heavy atom. The Hall–Kier alpha value is -2.75. The first-order chi connectivity index (χ1) is 45.6. The lowest BCUT2D eigenvalue weighted by Crippen LogP contribution is -2.40. The van der Waals surface area contributed by atoms with Crippen LogP contribution in [-0.4, -0.2) is 87.4 Å². The van der Waals surface area contributed by atoms with E-state index >= 15 is 0 Å². The average molecular weight is 1310 g/mol. The lowest BCUT2D eigenvalue weighted by molar-refractivity contribution is -0.870. The van der Waals surface area contributed by atoms with Gasteiger partial charge in [0.1, 0.15) is 13.2 Å². The Kier molecular flexibility index (Phi) is 72.8. The zero-order chi connectivity index (χ0) is 67.5. The lowest BCUT2D eigenvalue weighted by Gasteiger charge is -2.25. The highest BCUT2D eigenvalue weighted by Gasteiger charge is 2.25. The van der Waals surface area contributed by atoms with Gasteiger partial charge in [-0.1, -0.05) is 371 Å². The second-order valence-electron chi connectivity index (χ2n) is 29.1. The highest BCUT2D eigenvalue weighted by Crippen LogP contribution is 2.20. The number of ether oxygens (including phenoxy) is 4. The number of carboxylic acids is 1. The van der Waals surface area contributed by atoms with Crippen LogP contribution in [0.4, 0.5) is 0 Å². The van der Waals surface area contributed by atoms with Gasteiger partial charge < -0.3 is 28.5 Å². The standard InChI is InChI=1S/C84H157NO8/c1-6-8-10-12-14-16-18-20-22-24-26-28-30-32-34-36-38-39-40-41-42-43-45-47-49-51-53-55-57-59-61-63-65-67-69-71-73-75-82(87)93-80(79-92-84(83(88)89)90-77-76-85(3,4)5)78-91-81(86)74-72-70-68-66-64-62-60-58-56-54-52-50-48-46-44-37-35-33-31-29-27-25-23-21-19-17-15-13-11-9-7-2/h18-21,24-27,80,84H,6-17,22-23,28-79H2,1-5H3/p+1/b20-18-,21-19-,26-24-,27-25-.